The van der Waals surface area contributed by atoms with E-state index in [2.05, 4.69) is 0 Å². The summed E-state index contributed by atoms with van der Waals surface area (Å²) in [7, 11) is 0. The van der Waals surface area contributed by atoms with Crippen LogP contribution in [0.2, 0.25) is 0 Å². The van der Waals surface area contributed by atoms with Gasteiger partial charge in [-0.05, 0) is 37.5 Å². The van der Waals surface area contributed by atoms with Crippen LogP contribution in [0.1, 0.15) is 57.8 Å². The van der Waals surface area contributed by atoms with E-state index >= 15 is 0 Å². The monoisotopic (exact) mass is 196 g/mol. The molecule has 2 saturated carbocycles. The third-order valence-electron chi connectivity index (χ3n) is 3.68. The first-order valence-corrected chi connectivity index (χ1v) is 6.53. The molecule has 2 aliphatic rings. The number of hydrogen-bond acceptors (Lipinski definition) is 1. The normalized spacial score (nSPS) is 24.0. The molecule has 82 valence electrons. The van der Waals surface area contributed by atoms with Crippen LogP contribution in [0.3, 0.4) is 0 Å². The highest BCUT2D eigenvalue weighted by Gasteiger charge is 2.20. The second-order valence-corrected chi connectivity index (χ2v) is 5.16. The van der Waals surface area contributed by atoms with Crippen LogP contribution in [-0.2, 0) is 4.74 Å². The molecule has 0 amide bonds. The second-order valence-electron chi connectivity index (χ2n) is 5.16. The summed E-state index contributed by atoms with van der Waals surface area (Å²) in [6, 6.07) is 0. The summed E-state index contributed by atoms with van der Waals surface area (Å²) < 4.78 is 5.75. The van der Waals surface area contributed by atoms with Crippen molar-refractivity contribution >= 4 is 0 Å². The highest BCUT2D eigenvalue weighted by molar-refractivity contribution is 4.72. The average molecular weight is 196 g/mol. The summed E-state index contributed by atoms with van der Waals surface area (Å²) in [4.78, 5) is 0. The summed E-state index contributed by atoms with van der Waals surface area (Å²) in [5.74, 6) is 1.97. The van der Waals surface area contributed by atoms with Crippen molar-refractivity contribution in [2.24, 2.45) is 11.8 Å². The van der Waals surface area contributed by atoms with E-state index in [1.54, 1.807) is 0 Å². The molecule has 0 saturated heterocycles. The van der Waals surface area contributed by atoms with Gasteiger partial charge in [0.15, 0.2) is 0 Å². The van der Waals surface area contributed by atoms with Gasteiger partial charge in [-0.3, -0.25) is 0 Å². The van der Waals surface area contributed by atoms with E-state index in [4.69, 9.17) is 4.74 Å². The lowest BCUT2D eigenvalue weighted by Gasteiger charge is -2.21. The molecule has 1 heteroatoms. The Bertz CT molecular complexity index is 145. The summed E-state index contributed by atoms with van der Waals surface area (Å²) in [5.41, 5.74) is 0. The summed E-state index contributed by atoms with van der Waals surface area (Å²) in [6.45, 7) is 2.07. The summed E-state index contributed by atoms with van der Waals surface area (Å²) >= 11 is 0. The summed E-state index contributed by atoms with van der Waals surface area (Å²) in [5, 5.41) is 0. The Morgan fingerprint density at radius 1 is 0.857 bits per heavy atom. The molecule has 0 atom stereocenters. The maximum absolute atomic E-state index is 5.75. The number of hydrogen-bond donors (Lipinski definition) is 0. The lowest BCUT2D eigenvalue weighted by molar-refractivity contribution is 0.0821. The zero-order chi connectivity index (χ0) is 9.64. The number of rotatable bonds is 6. The first-order valence-electron chi connectivity index (χ1n) is 6.53. The smallest absolute Gasteiger partial charge is 0.0494 e. The van der Waals surface area contributed by atoms with E-state index < -0.39 is 0 Å². The maximum Gasteiger partial charge on any atom is 0.0494 e. The minimum absolute atomic E-state index is 0.893. The predicted molar refractivity (Wildman–Crippen MR) is 59.4 cm³/mol. The molecule has 0 aliphatic heterocycles. The van der Waals surface area contributed by atoms with Gasteiger partial charge in [0, 0.05) is 13.2 Å². The van der Waals surface area contributed by atoms with Gasteiger partial charge in [-0.1, -0.05) is 32.1 Å². The van der Waals surface area contributed by atoms with Crippen molar-refractivity contribution in [1.29, 1.82) is 0 Å². The van der Waals surface area contributed by atoms with E-state index in [1.807, 2.05) is 0 Å². The van der Waals surface area contributed by atoms with E-state index in [0.29, 0.717) is 0 Å². The molecular weight excluding hydrogens is 172 g/mol. The molecule has 0 bridgehead atoms. The van der Waals surface area contributed by atoms with Gasteiger partial charge in [-0.2, -0.15) is 0 Å². The van der Waals surface area contributed by atoms with Gasteiger partial charge in [-0.25, -0.2) is 0 Å². The van der Waals surface area contributed by atoms with Crippen LogP contribution in [-0.4, -0.2) is 13.2 Å². The first-order chi connectivity index (χ1) is 6.95. The maximum atomic E-state index is 5.75. The van der Waals surface area contributed by atoms with Gasteiger partial charge in [-0.15, -0.1) is 0 Å². The van der Waals surface area contributed by atoms with Crippen molar-refractivity contribution in [1.82, 2.24) is 0 Å². The third kappa shape index (κ3) is 4.00. The molecule has 0 spiro atoms. The van der Waals surface area contributed by atoms with Gasteiger partial charge in [0.2, 0.25) is 0 Å². The van der Waals surface area contributed by atoms with Gasteiger partial charge in [0.05, 0.1) is 0 Å². The molecule has 0 radical (unpaired) electrons. The fraction of sp³-hybridized carbons (Fsp3) is 1.00. The fourth-order valence-corrected chi connectivity index (χ4v) is 2.48. The lowest BCUT2D eigenvalue weighted by atomic mass is 9.90. The molecule has 0 aromatic carbocycles. The molecule has 0 N–H and O–H groups in total. The minimum atomic E-state index is 0.893. The van der Waals surface area contributed by atoms with Crippen LogP contribution < -0.4 is 0 Å². The highest BCUT2D eigenvalue weighted by Crippen LogP contribution is 2.33. The standard InChI is InChI=1S/C13H24O/c1-2-5-13(6-3-1)11-14-10-4-7-12-8-9-12/h12-13H,1-11H2. The van der Waals surface area contributed by atoms with Crippen LogP contribution in [0, 0.1) is 11.8 Å². The Kier molecular flexibility index (Phi) is 4.30. The molecule has 2 rings (SSSR count). The van der Waals surface area contributed by atoms with E-state index in [0.717, 1.165) is 25.0 Å². The second kappa shape index (κ2) is 5.75. The van der Waals surface area contributed by atoms with Crippen molar-refractivity contribution in [2.75, 3.05) is 13.2 Å². The molecular formula is C13H24O. The quantitative estimate of drug-likeness (QED) is 0.587. The van der Waals surface area contributed by atoms with Crippen molar-refractivity contribution in [3.63, 3.8) is 0 Å². The largest absolute Gasteiger partial charge is 0.381 e. The predicted octanol–water partition coefficient (Wildman–Crippen LogP) is 3.77. The Morgan fingerprint density at radius 2 is 1.64 bits per heavy atom. The number of ether oxygens (including phenoxy) is 1. The van der Waals surface area contributed by atoms with E-state index in [-0.39, 0.29) is 0 Å². The van der Waals surface area contributed by atoms with Crippen molar-refractivity contribution < 1.29 is 4.74 Å². The molecule has 0 aromatic rings. The van der Waals surface area contributed by atoms with E-state index in [9.17, 15) is 0 Å². The van der Waals surface area contributed by atoms with Crippen molar-refractivity contribution in [3.8, 4) is 0 Å². The zero-order valence-corrected chi connectivity index (χ0v) is 9.34. The SMILES string of the molecule is C1CCC(COCCCC2CC2)CC1. The van der Waals surface area contributed by atoms with Crippen LogP contribution in [0.25, 0.3) is 0 Å². The van der Waals surface area contributed by atoms with E-state index in [1.165, 1.54) is 57.8 Å². The topological polar surface area (TPSA) is 9.23 Å². The fourth-order valence-electron chi connectivity index (χ4n) is 2.48. The zero-order valence-electron chi connectivity index (χ0n) is 9.34. The summed E-state index contributed by atoms with van der Waals surface area (Å²) in [6.07, 6.45) is 12.9. The van der Waals surface area contributed by atoms with Crippen LogP contribution in [0.4, 0.5) is 0 Å². The van der Waals surface area contributed by atoms with Crippen LogP contribution in [0.5, 0.6) is 0 Å². The highest BCUT2D eigenvalue weighted by atomic mass is 16.5. The Morgan fingerprint density at radius 3 is 2.36 bits per heavy atom. The molecule has 2 fully saturated rings. The van der Waals surface area contributed by atoms with Gasteiger partial charge >= 0.3 is 0 Å². The molecule has 0 heterocycles. The minimum Gasteiger partial charge on any atom is -0.381 e. The Balaban J connectivity index is 1.41. The van der Waals surface area contributed by atoms with Gasteiger partial charge in [0.25, 0.3) is 0 Å². The molecule has 0 unspecified atom stereocenters. The molecule has 0 aromatic heterocycles. The van der Waals surface area contributed by atoms with Gasteiger partial charge in [0.1, 0.15) is 0 Å². The average Bonchev–Trinajstić information content (AvgIpc) is 3.03. The Labute approximate surface area is 88.2 Å². The molecule has 14 heavy (non-hydrogen) atoms. The molecule has 1 nitrogen and oxygen atoms in total. The van der Waals surface area contributed by atoms with Gasteiger partial charge < -0.3 is 4.74 Å². The first kappa shape index (κ1) is 10.5. The van der Waals surface area contributed by atoms with Crippen molar-refractivity contribution in [2.45, 2.75) is 57.8 Å². The third-order valence-corrected chi connectivity index (χ3v) is 3.68. The Hall–Kier alpha value is -0.0400. The lowest BCUT2D eigenvalue weighted by Crippen LogP contribution is -2.13. The van der Waals surface area contributed by atoms with Crippen molar-refractivity contribution in [3.05, 3.63) is 0 Å². The van der Waals surface area contributed by atoms with Crippen LogP contribution >= 0.6 is 0 Å². The van der Waals surface area contributed by atoms with Crippen LogP contribution in [0.15, 0.2) is 0 Å². The molecule has 2 aliphatic carbocycles.